The van der Waals surface area contributed by atoms with Gasteiger partial charge >= 0.3 is 0 Å². The number of hydrogen-bond donors (Lipinski definition) is 0. The molecule has 20 aromatic rings. The Morgan fingerprint density at radius 3 is 0.466 bits per heavy atom. The van der Waals surface area contributed by atoms with Crippen molar-refractivity contribution >= 4 is 34.1 Å². The summed E-state index contributed by atoms with van der Waals surface area (Å²) in [6.45, 7) is 36.5. The fourth-order valence-electron chi connectivity index (χ4n) is 25.0. The molecule has 0 saturated carbocycles. The first-order valence-corrected chi connectivity index (χ1v) is 51.8. The number of anilines is 6. The second kappa shape index (κ2) is 35.3. The first-order valence-electron chi connectivity index (χ1n) is 51.8. The van der Waals surface area contributed by atoms with Crippen molar-refractivity contribution in [2.75, 3.05) is 9.80 Å². The molecule has 148 heavy (non-hydrogen) atoms. The normalized spacial score (nSPS) is 14.5. The highest BCUT2D eigenvalue weighted by molar-refractivity contribution is 5.95. The summed E-state index contributed by atoms with van der Waals surface area (Å²) in [5, 5.41) is 0. The minimum absolute atomic E-state index is 0.000131. The van der Waals surface area contributed by atoms with Crippen LogP contribution in [0.2, 0.25) is 0 Å². The third-order valence-corrected chi connectivity index (χ3v) is 33.5. The van der Waals surface area contributed by atoms with Crippen LogP contribution in [0.5, 0.6) is 0 Å². The van der Waals surface area contributed by atoms with Crippen LogP contribution < -0.4 is 9.80 Å². The second-order valence-corrected chi connectivity index (χ2v) is 44.7. The topological polar surface area (TPSA) is 6.48 Å². The van der Waals surface area contributed by atoms with E-state index in [1.165, 1.54) is 213 Å². The van der Waals surface area contributed by atoms with Crippen molar-refractivity contribution in [3.8, 4) is 145 Å². The van der Waals surface area contributed by atoms with Gasteiger partial charge in [-0.15, -0.1) is 0 Å². The summed E-state index contributed by atoms with van der Waals surface area (Å²) in [6.07, 6.45) is 0. The average Bonchev–Trinajstić information content (AvgIpc) is 1.58. The third kappa shape index (κ3) is 15.4. The number of benzene rings is 20. The minimum Gasteiger partial charge on any atom is -0.311 e. The molecule has 722 valence electrons. The molecule has 0 atom stereocenters. The SMILES string of the molecule is CC1(C)c2ccccc2-c2ccc(-c3cc(-c4ccc5c(c4)C(C)(C)c4ccccc4-5)cc(-c4ccc5c(c4)C(C)(C)c4ccccc4-5)c3)cc21.CC1(C)c2ccccc2-c2ccc(-c3ccc4c(c3)C(C)(C)c3cc(-c5ccc6c(c5)C(C)(C)c5ccccc5-6)ccc3-4)cc21.Cc1ccc(N(c2ccc(C)cc2)c2ccc(-c3c(F)c(F)c(-c4ccc(N(c5ccc(C)cc5)c5ccc(C)cc5)cc4)c(F)c3F)cc2)cc1. The number of fused-ring (bicyclic) bond motifs is 18. The van der Waals surface area contributed by atoms with Crippen LogP contribution in [0.15, 0.2) is 413 Å². The number of halogens is 4. The maximum atomic E-state index is 15.9. The Morgan fingerprint density at radius 2 is 0.284 bits per heavy atom. The molecule has 0 bridgehead atoms. The van der Waals surface area contributed by atoms with Gasteiger partial charge in [-0.1, -0.05) is 384 Å². The molecule has 6 aliphatic carbocycles. The zero-order chi connectivity index (χ0) is 102. The quantitative estimate of drug-likeness (QED) is 0.0838. The summed E-state index contributed by atoms with van der Waals surface area (Å²) in [5.41, 5.74) is 53.7. The van der Waals surface area contributed by atoms with Crippen molar-refractivity contribution in [1.82, 2.24) is 0 Å². The summed E-state index contributed by atoms with van der Waals surface area (Å²) >= 11 is 0. The van der Waals surface area contributed by atoms with Crippen molar-refractivity contribution < 1.29 is 17.6 Å². The van der Waals surface area contributed by atoms with Crippen molar-refractivity contribution in [1.29, 1.82) is 0 Å². The van der Waals surface area contributed by atoms with E-state index in [-0.39, 0.29) is 43.6 Å². The van der Waals surface area contributed by atoms with Crippen LogP contribution in [-0.2, 0) is 32.5 Å². The van der Waals surface area contributed by atoms with Crippen molar-refractivity contribution in [2.45, 2.75) is 143 Å². The Hall–Kier alpha value is -16.3. The number of nitrogens with zero attached hydrogens (tertiary/aromatic N) is 2. The summed E-state index contributed by atoms with van der Waals surface area (Å²) in [7, 11) is 0. The Kier molecular flexibility index (Phi) is 22.4. The van der Waals surface area contributed by atoms with Crippen LogP contribution in [0, 0.1) is 51.0 Å². The smallest absolute Gasteiger partial charge is 0.170 e. The average molecular weight is 1930 g/mol. The van der Waals surface area contributed by atoms with E-state index in [0.29, 0.717) is 11.4 Å². The molecule has 0 N–H and O–H groups in total. The van der Waals surface area contributed by atoms with Crippen molar-refractivity contribution in [3.05, 3.63) is 525 Å². The molecule has 6 heteroatoms. The minimum atomic E-state index is -1.46. The molecule has 0 saturated heterocycles. The molecule has 0 radical (unpaired) electrons. The Morgan fingerprint density at radius 1 is 0.142 bits per heavy atom. The molecule has 26 rings (SSSR count). The maximum Gasteiger partial charge on any atom is 0.170 e. The van der Waals surface area contributed by atoms with Crippen molar-refractivity contribution in [3.63, 3.8) is 0 Å². The summed E-state index contributed by atoms with van der Waals surface area (Å²) < 4.78 is 63.4. The summed E-state index contributed by atoms with van der Waals surface area (Å²) in [4.78, 5) is 4.00. The third-order valence-electron chi connectivity index (χ3n) is 33.5. The van der Waals surface area contributed by atoms with Gasteiger partial charge in [-0.3, -0.25) is 0 Å². The Labute approximate surface area is 868 Å². The van der Waals surface area contributed by atoms with Crippen LogP contribution >= 0.6 is 0 Å². The largest absolute Gasteiger partial charge is 0.311 e. The van der Waals surface area contributed by atoms with E-state index in [1.54, 1.807) is 24.3 Å². The molecule has 0 amide bonds. The highest BCUT2D eigenvalue weighted by atomic mass is 19.2. The van der Waals surface area contributed by atoms with Crippen LogP contribution in [0.1, 0.15) is 172 Å². The van der Waals surface area contributed by atoms with Crippen LogP contribution in [0.4, 0.5) is 51.7 Å². The summed E-state index contributed by atoms with van der Waals surface area (Å²) in [5.74, 6) is -5.83. The second-order valence-electron chi connectivity index (χ2n) is 44.7. The van der Waals surface area contributed by atoms with Gasteiger partial charge in [-0.05, 0) is 361 Å². The molecule has 0 unspecified atom stereocenters. The standard InChI is InChI=1S/C51H42.C46H36F4N2.C45H38/c1-49(2)43-16-10-7-13-37(43)40-22-19-31(28-46(40)49)34-25-35(32-20-23-41-38-14-8-11-17-44(38)50(3,4)47(41)29-32)27-36(26-34)33-21-24-42-39-15-9-12-18-45(39)51(5,6)48(42)30-33;1-29-5-17-35(18-6-29)51(36-19-7-30(2)8-20-36)39-25-13-33(14-26-39)41-43(47)45(49)42(46(50)44(41)48)34-15-27-40(28-16-34)52(37-21-9-31(3)10-22-37)38-23-11-32(4)12-24-38;1-43(2)37-13-9-7-11-31(37)33-19-15-27(23-39(33)43)29-17-21-35-36-22-18-30(26-42(36)45(5,6)41(35)25-29)28-16-20-34-32-12-8-10-14-38(32)44(3,4)40(34)24-28/h7-30H,1-6H3;5-28H,1-4H3;7-26H,1-6H3. The lowest BCUT2D eigenvalue weighted by atomic mass is 9.79. The zero-order valence-corrected chi connectivity index (χ0v) is 86.7. The van der Waals surface area contributed by atoms with Gasteiger partial charge in [0.2, 0.25) is 0 Å². The molecule has 0 spiro atoms. The van der Waals surface area contributed by atoms with Gasteiger partial charge in [0.05, 0.1) is 11.1 Å². The van der Waals surface area contributed by atoms with Gasteiger partial charge in [0, 0.05) is 66.6 Å². The summed E-state index contributed by atoms with van der Waals surface area (Å²) in [6, 6.07) is 146. The monoisotopic (exact) mass is 1920 g/mol. The van der Waals surface area contributed by atoms with Crippen LogP contribution in [0.25, 0.3) is 145 Å². The van der Waals surface area contributed by atoms with Gasteiger partial charge in [-0.2, -0.15) is 0 Å². The fraction of sp³-hybridized carbons (Fsp3) is 0.155. The van der Waals surface area contributed by atoms with Gasteiger partial charge in [0.25, 0.3) is 0 Å². The van der Waals surface area contributed by atoms with Crippen molar-refractivity contribution in [2.24, 2.45) is 0 Å². The predicted molar refractivity (Wildman–Crippen MR) is 611 cm³/mol. The maximum absolute atomic E-state index is 15.9. The number of rotatable bonds is 13. The molecular weight excluding hydrogens is 1810 g/mol. The highest BCUT2D eigenvalue weighted by Gasteiger charge is 2.43. The van der Waals surface area contributed by atoms with Gasteiger partial charge in [0.15, 0.2) is 23.3 Å². The predicted octanol–water partition coefficient (Wildman–Crippen LogP) is 39.3. The first kappa shape index (κ1) is 94.0. The van der Waals surface area contributed by atoms with E-state index >= 15 is 17.6 Å². The lowest BCUT2D eigenvalue weighted by Crippen LogP contribution is -2.16. The molecule has 0 fully saturated rings. The molecule has 0 aromatic heterocycles. The fourth-order valence-corrected chi connectivity index (χ4v) is 25.0. The lowest BCUT2D eigenvalue weighted by Gasteiger charge is -2.26. The number of aryl methyl sites for hydroxylation is 4. The van der Waals surface area contributed by atoms with Gasteiger partial charge < -0.3 is 9.80 Å². The molecular formula is C142H116F4N2. The van der Waals surface area contributed by atoms with E-state index in [9.17, 15) is 0 Å². The van der Waals surface area contributed by atoms with E-state index in [2.05, 4.69) is 350 Å². The molecule has 2 nitrogen and oxygen atoms in total. The van der Waals surface area contributed by atoms with E-state index in [4.69, 9.17) is 0 Å². The van der Waals surface area contributed by atoms with E-state index < -0.39 is 34.4 Å². The first-order chi connectivity index (χ1) is 71.2. The van der Waals surface area contributed by atoms with Gasteiger partial charge in [0.1, 0.15) is 0 Å². The van der Waals surface area contributed by atoms with Gasteiger partial charge in [-0.25, -0.2) is 17.6 Å². The highest BCUT2D eigenvalue weighted by Crippen LogP contribution is 2.59. The molecule has 0 heterocycles. The van der Waals surface area contributed by atoms with E-state index in [1.807, 2.05) is 135 Å². The lowest BCUT2D eigenvalue weighted by molar-refractivity contribution is 0.463. The zero-order valence-electron chi connectivity index (χ0n) is 86.7. The van der Waals surface area contributed by atoms with E-state index in [0.717, 1.165) is 45.0 Å². The Bertz CT molecular complexity index is 8060. The molecule has 0 aliphatic heterocycles. The van der Waals surface area contributed by atoms with Crippen LogP contribution in [0.3, 0.4) is 0 Å². The number of hydrogen-bond acceptors (Lipinski definition) is 2. The Balaban J connectivity index is 0.000000119. The molecule has 6 aliphatic rings. The van der Waals surface area contributed by atoms with Crippen LogP contribution in [-0.4, -0.2) is 0 Å². The molecule has 20 aromatic carbocycles.